The zero-order valence-electron chi connectivity index (χ0n) is 46.7. The van der Waals surface area contributed by atoms with E-state index in [4.69, 9.17) is 136 Å². The fourth-order valence-electron chi connectivity index (χ4n) is 12.2. The Bertz CT molecular complexity index is 2060. The average molecular weight is 1270 g/mol. The van der Waals surface area contributed by atoms with Gasteiger partial charge in [-0.2, -0.15) is 0 Å². The molecule has 20 atom stereocenters. The molecule has 12 saturated heterocycles. The Morgan fingerprint density at radius 3 is 0.769 bits per heavy atom. The molecule has 78 heavy (non-hydrogen) atoms. The van der Waals surface area contributed by atoms with Crippen LogP contribution < -0.4 is 0 Å². The number of hydrogen-bond donors (Lipinski definition) is 0. The Morgan fingerprint density at radius 1 is 0.308 bits per heavy atom. The first kappa shape index (κ1) is 59.5. The van der Waals surface area contributed by atoms with Crippen molar-refractivity contribution in [2.75, 3.05) is 26.4 Å². The topological polar surface area (TPSA) is 222 Å². The third-order valence-corrected chi connectivity index (χ3v) is 38.6. The van der Waals surface area contributed by atoms with Gasteiger partial charge in [0.05, 0.1) is 0 Å². The average Bonchev–Trinajstić information content (AvgIpc) is 4.40. The van der Waals surface area contributed by atoms with E-state index in [9.17, 15) is 0 Å². The van der Waals surface area contributed by atoms with Crippen LogP contribution >= 0.6 is 20.7 Å². The zero-order valence-corrected chi connectivity index (χ0v) is 52.7. The van der Waals surface area contributed by atoms with Crippen LogP contribution in [-0.2, 0) is 136 Å². The molecule has 24 nitrogen and oxygen atoms in total. The van der Waals surface area contributed by atoms with Crippen molar-refractivity contribution in [3.05, 3.63) is 0 Å². The molecule has 0 aromatic rings. The van der Waals surface area contributed by atoms with Crippen molar-refractivity contribution in [3.8, 4) is 0 Å². The van der Waals surface area contributed by atoms with Crippen molar-refractivity contribution in [3.63, 3.8) is 0 Å². The van der Waals surface area contributed by atoms with Crippen molar-refractivity contribution in [2.45, 2.75) is 280 Å². The van der Waals surface area contributed by atoms with E-state index in [0.29, 0.717) is 0 Å². The quantitative estimate of drug-likeness (QED) is 0.147. The predicted molar refractivity (Wildman–Crippen MR) is 276 cm³/mol. The summed E-state index contributed by atoms with van der Waals surface area (Å²) in [5.74, 6) is -7.64. The van der Waals surface area contributed by atoms with Crippen molar-refractivity contribution >= 4 is 57.7 Å². The molecule has 446 valence electrons. The minimum atomic E-state index is -3.58. The molecule has 0 amide bonds. The van der Waals surface area contributed by atoms with E-state index < -0.39 is 193 Å². The van der Waals surface area contributed by atoms with Crippen LogP contribution in [0.15, 0.2) is 0 Å². The summed E-state index contributed by atoms with van der Waals surface area (Å²) in [6, 6.07) is 0. The normalized spacial score (nSPS) is 47.1. The summed E-state index contributed by atoms with van der Waals surface area (Å²) in [6.07, 6.45) is -13.0. The van der Waals surface area contributed by atoms with E-state index in [0.717, 1.165) is 0 Å². The molecule has 12 aliphatic heterocycles. The van der Waals surface area contributed by atoms with Crippen LogP contribution in [0.4, 0.5) is 0 Å². The molecule has 12 rings (SSSR count). The van der Waals surface area contributed by atoms with E-state index in [2.05, 4.69) is 0 Å². The third kappa shape index (κ3) is 12.1. The van der Waals surface area contributed by atoms with Crippen molar-refractivity contribution < 1.29 is 113 Å². The van der Waals surface area contributed by atoms with Gasteiger partial charge in [0.15, 0.2) is 0 Å². The molecular weight excluding hydrogens is 1200 g/mol. The Kier molecular flexibility index (Phi) is 15.6. The second-order valence-corrected chi connectivity index (χ2v) is 44.3. The first-order valence-electron chi connectivity index (χ1n) is 26.7. The van der Waals surface area contributed by atoms with Gasteiger partial charge in [-0.25, -0.2) is 0 Å². The van der Waals surface area contributed by atoms with Crippen LogP contribution in [0.1, 0.15) is 111 Å². The molecule has 0 aromatic heterocycles. The first-order valence-corrected chi connectivity index (χ1v) is 37.6. The van der Waals surface area contributed by atoms with Crippen LogP contribution in [-0.4, -0.2) is 209 Å². The standard InChI is InChI=1S/C48H76O24P2S3Se/c1-41(2)57-25-21(53-37-33(29(25)61-41)65-45(9,10)69-37)17-49-73(75,50-18-22-26-30(62-42(3,4)58-26)34-38(54-22)70-46(11,12)66-34)77-78-74(76,51-19-23-27-31(63-43(5,6)59-27)35-39(55-23)71-47(13,14)67-35)52-20-24-28-32(64-44(7,8)60-28)36-40(56-24)72-48(15,16)68-36/h21-40H,17-20H2,1-16H3/t21-,22-,23-,24-,25+,26+,27+,28+,29+,30+,31+,32+,33-,34-,35-,36-,37-,38-,39-,40-/m1/s1. The summed E-state index contributed by atoms with van der Waals surface area (Å²) in [4.78, 5) is 0. The molecule has 0 unspecified atom stereocenters. The minimum absolute atomic E-state index is 0.0853. The Balaban J connectivity index is 0.832. The molecule has 0 bridgehead atoms. The second kappa shape index (κ2) is 20.4. The van der Waals surface area contributed by atoms with E-state index in [-0.39, 0.29) is 26.4 Å². The van der Waals surface area contributed by atoms with E-state index in [1.54, 1.807) is 0 Å². The Labute approximate surface area is 474 Å². The molecule has 0 aromatic carbocycles. The maximum absolute atomic E-state index is 6.93. The van der Waals surface area contributed by atoms with Gasteiger partial charge in [0.1, 0.15) is 0 Å². The van der Waals surface area contributed by atoms with Gasteiger partial charge < -0.3 is 0 Å². The molecule has 0 saturated carbocycles. The molecule has 30 heteroatoms. The molecule has 12 heterocycles. The van der Waals surface area contributed by atoms with E-state index >= 15 is 0 Å². The molecule has 0 N–H and O–H groups in total. The molecule has 12 fully saturated rings. The van der Waals surface area contributed by atoms with E-state index in [1.165, 1.54) is 9.80 Å². The molecular formula is C48H76O24P2S3Se. The van der Waals surface area contributed by atoms with Crippen molar-refractivity contribution in [1.29, 1.82) is 0 Å². The third-order valence-electron chi connectivity index (χ3n) is 14.8. The van der Waals surface area contributed by atoms with Gasteiger partial charge in [-0.05, 0) is 0 Å². The summed E-state index contributed by atoms with van der Waals surface area (Å²) in [6.45, 7) is 29.0. The Hall–Kier alpha value is 1.21. The number of ether oxygens (including phenoxy) is 20. The van der Waals surface area contributed by atoms with Gasteiger partial charge in [-0.1, -0.05) is 0 Å². The van der Waals surface area contributed by atoms with Gasteiger partial charge in [-0.3, -0.25) is 0 Å². The van der Waals surface area contributed by atoms with Crippen LogP contribution in [0.5, 0.6) is 0 Å². The molecule has 0 radical (unpaired) electrons. The summed E-state index contributed by atoms with van der Waals surface area (Å²) >= 11 is 12.3. The predicted octanol–water partition coefficient (Wildman–Crippen LogP) is 5.44. The van der Waals surface area contributed by atoms with Gasteiger partial charge in [0.25, 0.3) is 0 Å². The van der Waals surface area contributed by atoms with Crippen LogP contribution in [0.2, 0.25) is 0 Å². The second-order valence-electron chi connectivity index (χ2n) is 25.1. The van der Waals surface area contributed by atoms with Crippen molar-refractivity contribution in [1.82, 2.24) is 0 Å². The van der Waals surface area contributed by atoms with Crippen LogP contribution in [0.3, 0.4) is 0 Å². The summed E-state index contributed by atoms with van der Waals surface area (Å²) in [5, 5.41) is -3.50. The maximum atomic E-state index is 6.93. The molecule has 12 aliphatic rings. The molecule has 0 spiro atoms. The summed E-state index contributed by atoms with van der Waals surface area (Å²) < 4.78 is 156. The van der Waals surface area contributed by atoms with Gasteiger partial charge >= 0.3 is 477 Å². The number of fused-ring (bicyclic) bond motifs is 12. The number of hydrogen-bond acceptors (Lipinski definition) is 27. The fourth-order valence-corrected chi connectivity index (χ4v) is 38.5. The van der Waals surface area contributed by atoms with E-state index in [1.807, 2.05) is 111 Å². The van der Waals surface area contributed by atoms with Crippen LogP contribution in [0, 0.1) is 0 Å². The SMILES string of the molecule is CC1(C)O[C@H]2[C@@H](O1)[C@@H](COP(=S)(OC[C@H]1O[C@@H]3OC(C)(C)O[C@@H]3[C@H]3OC(C)(C)O[C@H]31)S[Se]P(=S)(OC[C@H]1O[C@@H]3OC(C)(C)O[C@@H]3[C@H]3OC(C)(C)O[C@H]31)OC[C@H]1O[C@@H]3OC(C)(C)O[C@@H]3[C@H]3OC(C)(C)O[C@H]31)O[C@@H]1OC(C)(C)O[C@@H]12. The van der Waals surface area contributed by atoms with Crippen molar-refractivity contribution in [2.24, 2.45) is 0 Å². The monoisotopic (exact) mass is 1270 g/mol. The fraction of sp³-hybridized carbons (Fsp3) is 1.00. The number of rotatable bonds is 15. The first-order chi connectivity index (χ1) is 36.0. The molecule has 0 aliphatic carbocycles. The Morgan fingerprint density at radius 2 is 0.513 bits per heavy atom. The van der Waals surface area contributed by atoms with Gasteiger partial charge in [-0.15, -0.1) is 0 Å². The van der Waals surface area contributed by atoms with Crippen LogP contribution in [0.25, 0.3) is 0 Å². The summed E-state index contributed by atoms with van der Waals surface area (Å²) in [7, 11) is 1.23. The zero-order chi connectivity index (χ0) is 55.8. The van der Waals surface area contributed by atoms with Gasteiger partial charge in [0, 0.05) is 0 Å². The van der Waals surface area contributed by atoms with Gasteiger partial charge in [0.2, 0.25) is 0 Å². The summed E-state index contributed by atoms with van der Waals surface area (Å²) in [5.41, 5.74) is -3.58.